The Kier molecular flexibility index (Phi) is 12.5. The number of rotatable bonds is 15. The van der Waals surface area contributed by atoms with Crippen LogP contribution < -0.4 is 0 Å². The minimum atomic E-state index is -1.23. The van der Waals surface area contributed by atoms with Gasteiger partial charge in [-0.2, -0.15) is 0 Å². The zero-order valence-corrected chi connectivity index (χ0v) is 28.3. The number of hydrogen-bond acceptors (Lipinski definition) is 12. The summed E-state index contributed by atoms with van der Waals surface area (Å²) in [7, 11) is 0. The van der Waals surface area contributed by atoms with Crippen LogP contribution in [0.3, 0.4) is 0 Å². The molecule has 4 atom stereocenters. The standard InChI is InChI=1S/C36H34O10S2/c1-21(27-15-17-29(47-27)31(37)25-11-7-5-8-12-25)33(39)45-23(3)35(41)43-19-20-44-36(42)24(4)46-34(40)22(2)28-16-18-30(48-28)32(38)26-13-9-6-10-14-26/h5-18,21-24H,19-20H2,1-4H3/t21-,22+,23+,24-. The van der Waals surface area contributed by atoms with Gasteiger partial charge in [0.2, 0.25) is 11.6 Å². The van der Waals surface area contributed by atoms with Crippen LogP contribution in [0.15, 0.2) is 84.9 Å². The van der Waals surface area contributed by atoms with Crippen LogP contribution in [0.25, 0.3) is 0 Å². The summed E-state index contributed by atoms with van der Waals surface area (Å²) < 4.78 is 20.7. The predicted molar refractivity (Wildman–Crippen MR) is 178 cm³/mol. The lowest BCUT2D eigenvalue weighted by molar-refractivity contribution is -0.172. The van der Waals surface area contributed by atoms with Gasteiger partial charge in [0.25, 0.3) is 0 Å². The molecule has 48 heavy (non-hydrogen) atoms. The van der Waals surface area contributed by atoms with E-state index in [-0.39, 0.29) is 24.8 Å². The Balaban J connectivity index is 1.16. The fourth-order valence-corrected chi connectivity index (χ4v) is 6.30. The fourth-order valence-electron chi connectivity index (χ4n) is 4.28. The Morgan fingerprint density at radius 1 is 0.500 bits per heavy atom. The number of esters is 4. The lowest BCUT2D eigenvalue weighted by Gasteiger charge is -2.17. The molecule has 0 N–H and O–H groups in total. The van der Waals surface area contributed by atoms with E-state index < -0.39 is 47.9 Å². The number of benzene rings is 2. The molecule has 0 unspecified atom stereocenters. The Hall–Kier alpha value is -4.94. The van der Waals surface area contributed by atoms with Crippen LogP contribution in [0.2, 0.25) is 0 Å². The molecular weight excluding hydrogens is 657 g/mol. The molecule has 2 heterocycles. The van der Waals surface area contributed by atoms with E-state index in [9.17, 15) is 28.8 Å². The molecule has 4 rings (SSSR count). The quantitative estimate of drug-likeness (QED) is 0.0620. The van der Waals surface area contributed by atoms with Crippen LogP contribution in [-0.4, -0.2) is 60.9 Å². The first kappa shape index (κ1) is 35.9. The minimum Gasteiger partial charge on any atom is -0.459 e. The molecular formula is C36H34O10S2. The number of ketones is 2. The van der Waals surface area contributed by atoms with Gasteiger partial charge in [0.1, 0.15) is 13.2 Å². The molecule has 0 saturated heterocycles. The van der Waals surface area contributed by atoms with Crippen LogP contribution >= 0.6 is 22.7 Å². The Labute approximate surface area is 285 Å². The van der Waals surface area contributed by atoms with Crippen LogP contribution in [-0.2, 0) is 38.1 Å². The Bertz CT molecular complexity index is 1630. The maximum Gasteiger partial charge on any atom is 0.347 e. The van der Waals surface area contributed by atoms with Gasteiger partial charge < -0.3 is 18.9 Å². The summed E-state index contributed by atoms with van der Waals surface area (Å²) in [5, 5.41) is 0. The van der Waals surface area contributed by atoms with E-state index in [1.165, 1.54) is 36.5 Å². The monoisotopic (exact) mass is 690 g/mol. The summed E-state index contributed by atoms with van der Waals surface area (Å²) in [4.78, 5) is 77.6. The van der Waals surface area contributed by atoms with Crippen molar-refractivity contribution in [2.24, 2.45) is 0 Å². The molecule has 0 radical (unpaired) electrons. The van der Waals surface area contributed by atoms with Gasteiger partial charge in [-0.25, -0.2) is 9.59 Å². The summed E-state index contributed by atoms with van der Waals surface area (Å²) >= 11 is 2.35. The summed E-state index contributed by atoms with van der Waals surface area (Å²) in [6.07, 6.45) is -2.47. The van der Waals surface area contributed by atoms with Crippen molar-refractivity contribution in [2.75, 3.05) is 13.2 Å². The maximum absolute atomic E-state index is 12.7. The first-order valence-electron chi connectivity index (χ1n) is 15.1. The van der Waals surface area contributed by atoms with Crippen LogP contribution in [0.4, 0.5) is 0 Å². The van der Waals surface area contributed by atoms with Crippen LogP contribution in [0.1, 0.15) is 79.8 Å². The molecule has 0 aliphatic heterocycles. The molecule has 0 saturated carbocycles. The van der Waals surface area contributed by atoms with E-state index in [2.05, 4.69) is 0 Å². The smallest absolute Gasteiger partial charge is 0.347 e. The summed E-state index contributed by atoms with van der Waals surface area (Å²) in [6.45, 7) is 5.30. The van der Waals surface area contributed by atoms with Crippen molar-refractivity contribution >= 4 is 58.1 Å². The molecule has 0 aliphatic carbocycles. The Morgan fingerprint density at radius 2 is 0.854 bits per heavy atom. The van der Waals surface area contributed by atoms with Crippen molar-refractivity contribution in [2.45, 2.75) is 51.7 Å². The number of carbonyl (C=O) groups is 6. The normalized spacial score (nSPS) is 13.3. The topological polar surface area (TPSA) is 139 Å². The van der Waals surface area contributed by atoms with Gasteiger partial charge in [0.05, 0.1) is 21.6 Å². The highest BCUT2D eigenvalue weighted by molar-refractivity contribution is 7.14. The third-order valence-corrected chi connectivity index (χ3v) is 9.69. The molecule has 0 fully saturated rings. The van der Waals surface area contributed by atoms with Crippen molar-refractivity contribution in [3.63, 3.8) is 0 Å². The summed E-state index contributed by atoms with van der Waals surface area (Å²) in [6, 6.07) is 24.2. The van der Waals surface area contributed by atoms with Gasteiger partial charge in [-0.05, 0) is 52.0 Å². The van der Waals surface area contributed by atoms with Crippen molar-refractivity contribution in [1.82, 2.24) is 0 Å². The van der Waals surface area contributed by atoms with Gasteiger partial charge in [-0.3, -0.25) is 19.2 Å². The molecule has 250 valence electrons. The van der Waals surface area contributed by atoms with E-state index >= 15 is 0 Å². The molecule has 0 amide bonds. The molecule has 12 heteroatoms. The molecule has 2 aromatic carbocycles. The van der Waals surface area contributed by atoms with E-state index in [4.69, 9.17) is 18.9 Å². The summed E-state index contributed by atoms with van der Waals surface area (Å²) in [5.74, 6) is -4.78. The van der Waals surface area contributed by atoms with Crippen LogP contribution in [0, 0.1) is 0 Å². The van der Waals surface area contributed by atoms with E-state index in [1.54, 1.807) is 86.6 Å². The highest BCUT2D eigenvalue weighted by atomic mass is 32.1. The van der Waals surface area contributed by atoms with Gasteiger partial charge >= 0.3 is 23.9 Å². The fraction of sp³-hybridized carbons (Fsp3) is 0.278. The second-order valence-corrected chi connectivity index (χ2v) is 13.0. The van der Waals surface area contributed by atoms with Gasteiger partial charge in [-0.1, -0.05) is 60.7 Å². The third kappa shape index (κ3) is 9.33. The lowest BCUT2D eigenvalue weighted by atomic mass is 10.1. The lowest BCUT2D eigenvalue weighted by Crippen LogP contribution is -2.31. The average molecular weight is 691 g/mol. The second-order valence-electron chi connectivity index (χ2n) is 10.7. The molecule has 0 aliphatic rings. The van der Waals surface area contributed by atoms with Crippen molar-refractivity contribution in [1.29, 1.82) is 0 Å². The van der Waals surface area contributed by atoms with E-state index in [0.29, 0.717) is 30.6 Å². The number of thiophene rings is 2. The first-order chi connectivity index (χ1) is 23.0. The minimum absolute atomic E-state index is 0.155. The molecule has 0 spiro atoms. The average Bonchev–Trinajstić information content (AvgIpc) is 3.80. The molecule has 2 aromatic heterocycles. The van der Waals surface area contributed by atoms with E-state index in [1.807, 2.05) is 12.1 Å². The number of hydrogen-bond donors (Lipinski definition) is 0. The summed E-state index contributed by atoms with van der Waals surface area (Å²) in [5.41, 5.74) is 1.07. The van der Waals surface area contributed by atoms with Gasteiger partial charge in [0, 0.05) is 20.9 Å². The predicted octanol–water partition coefficient (Wildman–Crippen LogP) is 6.13. The van der Waals surface area contributed by atoms with Gasteiger partial charge in [-0.15, -0.1) is 22.7 Å². The van der Waals surface area contributed by atoms with Crippen LogP contribution in [0.5, 0.6) is 0 Å². The molecule has 0 bridgehead atoms. The number of ether oxygens (including phenoxy) is 4. The van der Waals surface area contributed by atoms with Crippen molar-refractivity contribution < 1.29 is 47.7 Å². The maximum atomic E-state index is 12.7. The highest BCUT2D eigenvalue weighted by Gasteiger charge is 2.28. The zero-order valence-electron chi connectivity index (χ0n) is 26.7. The van der Waals surface area contributed by atoms with Gasteiger partial charge in [0.15, 0.2) is 12.2 Å². The Morgan fingerprint density at radius 3 is 1.21 bits per heavy atom. The second kappa shape index (κ2) is 16.8. The molecule has 4 aromatic rings. The van der Waals surface area contributed by atoms with Crippen molar-refractivity contribution in [3.05, 3.63) is 116 Å². The third-order valence-electron chi connectivity index (χ3n) is 7.16. The first-order valence-corrected chi connectivity index (χ1v) is 16.7. The zero-order chi connectivity index (χ0) is 34.8. The SMILES string of the molecule is C[C@H](OC(=O)[C@H](C)c1ccc(C(=O)c2ccccc2)s1)C(=O)OCCOC(=O)[C@@H](C)OC(=O)[C@@H](C)c1ccc(C(=O)c2ccccc2)s1. The number of carbonyl (C=O) groups excluding carboxylic acids is 6. The van der Waals surface area contributed by atoms with E-state index in [0.717, 1.165) is 0 Å². The molecule has 10 nitrogen and oxygen atoms in total. The largest absolute Gasteiger partial charge is 0.459 e. The van der Waals surface area contributed by atoms with Crippen molar-refractivity contribution in [3.8, 4) is 0 Å². The highest BCUT2D eigenvalue weighted by Crippen LogP contribution is 2.29.